The molecule has 0 unspecified atom stereocenters. The molecule has 2 aliphatic heterocycles. The van der Waals surface area contributed by atoms with Gasteiger partial charge in [-0.3, -0.25) is 0 Å². The summed E-state index contributed by atoms with van der Waals surface area (Å²) in [5.41, 5.74) is 4.18. The molecule has 1 fully saturated rings. The molecule has 1 aromatic carbocycles. The number of nitrogens with one attached hydrogen (secondary N) is 1. The Morgan fingerprint density at radius 2 is 1.96 bits per heavy atom. The molecule has 0 aromatic heterocycles. The van der Waals surface area contributed by atoms with Gasteiger partial charge in [0.15, 0.2) is 0 Å². The summed E-state index contributed by atoms with van der Waals surface area (Å²) in [7, 11) is 1.43. The Kier molecular flexibility index (Phi) is 4.22. The van der Waals surface area contributed by atoms with Crippen molar-refractivity contribution >= 4 is 11.5 Å². The number of benzene rings is 1. The molecule has 0 bridgehead atoms. The van der Waals surface area contributed by atoms with Crippen molar-refractivity contribution in [3.8, 4) is 5.75 Å². The first-order chi connectivity index (χ1) is 12.2. The lowest BCUT2D eigenvalue weighted by molar-refractivity contribution is -0.136. The van der Waals surface area contributed by atoms with E-state index in [1.807, 2.05) is 12.1 Å². The average molecular weight is 337 g/mol. The number of allylic oxidation sites excluding steroid dienone is 4. The monoisotopic (exact) mass is 337 g/mol. The number of para-hydroxylation sites is 1. The second kappa shape index (κ2) is 6.52. The molecular weight excluding hydrogens is 314 g/mol. The third-order valence-electron chi connectivity index (χ3n) is 5.29. The number of methoxy groups -OCH3 is 1. The average Bonchev–Trinajstić information content (AvgIpc) is 2.67. The van der Waals surface area contributed by atoms with Crippen LogP contribution in [-0.4, -0.2) is 31.8 Å². The van der Waals surface area contributed by atoms with E-state index < -0.39 is 0 Å². The van der Waals surface area contributed by atoms with Crippen molar-refractivity contribution in [3.63, 3.8) is 0 Å². The van der Waals surface area contributed by atoms with Gasteiger partial charge in [0.2, 0.25) is 0 Å². The van der Waals surface area contributed by atoms with Gasteiger partial charge in [0, 0.05) is 24.0 Å². The predicted octanol–water partition coefficient (Wildman–Crippen LogP) is 3.40. The van der Waals surface area contributed by atoms with E-state index in [1.54, 1.807) is 0 Å². The SMILES string of the molecule is COC(=O)C1=CC=C(C2=CC3(CCNCC3)Oc3ccccc32)CC1. The summed E-state index contributed by atoms with van der Waals surface area (Å²) in [6, 6.07) is 8.26. The van der Waals surface area contributed by atoms with Crippen molar-refractivity contribution < 1.29 is 14.3 Å². The first-order valence-electron chi connectivity index (χ1n) is 8.91. The van der Waals surface area contributed by atoms with Gasteiger partial charge in [-0.1, -0.05) is 30.4 Å². The summed E-state index contributed by atoms with van der Waals surface area (Å²) in [6.45, 7) is 1.94. The Hall–Kier alpha value is -2.33. The molecule has 130 valence electrons. The molecule has 4 rings (SSSR count). The smallest absolute Gasteiger partial charge is 0.333 e. The summed E-state index contributed by atoms with van der Waals surface area (Å²) < 4.78 is 11.3. The molecule has 0 radical (unpaired) electrons. The van der Waals surface area contributed by atoms with E-state index in [-0.39, 0.29) is 11.6 Å². The van der Waals surface area contributed by atoms with E-state index in [9.17, 15) is 4.79 Å². The largest absolute Gasteiger partial charge is 0.482 e. The number of rotatable bonds is 2. The lowest BCUT2D eigenvalue weighted by atomic mass is 9.81. The van der Waals surface area contributed by atoms with Gasteiger partial charge in [-0.05, 0) is 49.2 Å². The van der Waals surface area contributed by atoms with Gasteiger partial charge in [0.1, 0.15) is 11.4 Å². The molecule has 1 N–H and O–H groups in total. The predicted molar refractivity (Wildman–Crippen MR) is 97.3 cm³/mol. The topological polar surface area (TPSA) is 47.6 Å². The maximum atomic E-state index is 11.7. The highest BCUT2D eigenvalue weighted by atomic mass is 16.5. The van der Waals surface area contributed by atoms with E-state index in [2.05, 4.69) is 35.7 Å². The lowest BCUT2D eigenvalue weighted by Crippen LogP contribution is -2.46. The van der Waals surface area contributed by atoms with Crippen LogP contribution in [0.1, 0.15) is 31.2 Å². The Morgan fingerprint density at radius 1 is 1.16 bits per heavy atom. The number of piperidine rings is 1. The van der Waals surface area contributed by atoms with Crippen LogP contribution in [0.15, 0.2) is 53.6 Å². The Labute approximate surface area is 148 Å². The summed E-state index contributed by atoms with van der Waals surface area (Å²) in [4.78, 5) is 11.7. The first-order valence-corrected chi connectivity index (χ1v) is 8.91. The highest BCUT2D eigenvalue weighted by Crippen LogP contribution is 2.44. The Bertz CT molecular complexity index is 782. The second-order valence-corrected chi connectivity index (χ2v) is 6.85. The molecule has 1 aliphatic carbocycles. The minimum Gasteiger partial charge on any atom is -0.482 e. The molecule has 0 atom stereocenters. The third-order valence-corrected chi connectivity index (χ3v) is 5.29. The molecule has 1 spiro atoms. The minimum absolute atomic E-state index is 0.220. The summed E-state index contributed by atoms with van der Waals surface area (Å²) in [6.07, 6.45) is 9.79. The number of ether oxygens (including phenoxy) is 2. The van der Waals surface area contributed by atoms with Gasteiger partial charge in [-0.2, -0.15) is 0 Å². The van der Waals surface area contributed by atoms with Crippen molar-refractivity contribution in [2.24, 2.45) is 0 Å². The van der Waals surface area contributed by atoms with Crippen LogP contribution in [-0.2, 0) is 9.53 Å². The molecular formula is C21H23NO3. The standard InChI is InChI=1S/C21H23NO3/c1-24-20(23)16-8-6-15(7-9-16)18-14-21(10-12-22-13-11-21)25-19-5-3-2-4-17(18)19/h2-6,8,14,22H,7,9-13H2,1H3. The van der Waals surface area contributed by atoms with E-state index in [0.717, 1.165) is 49.2 Å². The molecule has 2 heterocycles. The number of carbonyl (C=O) groups is 1. The highest BCUT2D eigenvalue weighted by Gasteiger charge is 2.37. The number of esters is 1. The number of carbonyl (C=O) groups excluding carboxylic acids is 1. The minimum atomic E-state index is -0.230. The quantitative estimate of drug-likeness (QED) is 0.840. The van der Waals surface area contributed by atoms with Gasteiger partial charge in [-0.15, -0.1) is 0 Å². The Morgan fingerprint density at radius 3 is 2.68 bits per heavy atom. The van der Waals surface area contributed by atoms with Crippen molar-refractivity contribution in [1.29, 1.82) is 0 Å². The fourth-order valence-electron chi connectivity index (χ4n) is 3.89. The summed E-state index contributed by atoms with van der Waals surface area (Å²) in [5.74, 6) is 0.733. The number of hydrogen-bond donors (Lipinski definition) is 1. The zero-order valence-corrected chi connectivity index (χ0v) is 14.5. The zero-order valence-electron chi connectivity index (χ0n) is 14.5. The van der Waals surface area contributed by atoms with Gasteiger partial charge in [-0.25, -0.2) is 4.79 Å². The Balaban J connectivity index is 1.74. The van der Waals surface area contributed by atoms with Gasteiger partial charge >= 0.3 is 5.97 Å². The maximum Gasteiger partial charge on any atom is 0.333 e. The molecule has 1 saturated heterocycles. The number of hydrogen-bond acceptors (Lipinski definition) is 4. The lowest BCUT2D eigenvalue weighted by Gasteiger charge is -2.40. The van der Waals surface area contributed by atoms with Crippen LogP contribution >= 0.6 is 0 Å². The van der Waals surface area contributed by atoms with E-state index in [4.69, 9.17) is 9.47 Å². The van der Waals surface area contributed by atoms with Crippen molar-refractivity contribution in [2.75, 3.05) is 20.2 Å². The molecule has 1 aromatic rings. The van der Waals surface area contributed by atoms with Crippen LogP contribution in [0.25, 0.3) is 5.57 Å². The second-order valence-electron chi connectivity index (χ2n) is 6.85. The van der Waals surface area contributed by atoms with E-state index in [0.29, 0.717) is 6.42 Å². The van der Waals surface area contributed by atoms with Gasteiger partial charge < -0.3 is 14.8 Å². The normalized spacial score (nSPS) is 21.4. The van der Waals surface area contributed by atoms with Crippen molar-refractivity contribution in [1.82, 2.24) is 5.32 Å². The maximum absolute atomic E-state index is 11.7. The van der Waals surface area contributed by atoms with Crippen molar-refractivity contribution in [3.05, 3.63) is 59.2 Å². The molecule has 4 heteroatoms. The summed E-state index contributed by atoms with van der Waals surface area (Å²) >= 11 is 0. The summed E-state index contributed by atoms with van der Waals surface area (Å²) in [5, 5.41) is 3.41. The first kappa shape index (κ1) is 16.2. The van der Waals surface area contributed by atoms with Crippen molar-refractivity contribution in [2.45, 2.75) is 31.3 Å². The zero-order chi connectivity index (χ0) is 17.3. The molecule has 25 heavy (non-hydrogen) atoms. The molecule has 3 aliphatic rings. The van der Waals surface area contributed by atoms with E-state index >= 15 is 0 Å². The third kappa shape index (κ3) is 3.02. The molecule has 0 saturated carbocycles. The van der Waals surface area contributed by atoms with Gasteiger partial charge in [0.25, 0.3) is 0 Å². The molecule has 0 amide bonds. The van der Waals surface area contributed by atoms with Crippen LogP contribution in [0.2, 0.25) is 0 Å². The number of fused-ring (bicyclic) bond motifs is 1. The van der Waals surface area contributed by atoms with Crippen LogP contribution in [0.3, 0.4) is 0 Å². The van der Waals surface area contributed by atoms with Crippen LogP contribution in [0.4, 0.5) is 0 Å². The fourth-order valence-corrected chi connectivity index (χ4v) is 3.89. The van der Waals surface area contributed by atoms with Crippen LogP contribution in [0.5, 0.6) is 5.75 Å². The van der Waals surface area contributed by atoms with Crippen LogP contribution in [0, 0.1) is 0 Å². The van der Waals surface area contributed by atoms with Gasteiger partial charge in [0.05, 0.1) is 7.11 Å². The van der Waals surface area contributed by atoms with E-state index in [1.165, 1.54) is 18.3 Å². The molecule has 4 nitrogen and oxygen atoms in total. The highest BCUT2D eigenvalue weighted by molar-refractivity contribution is 5.91. The fraction of sp³-hybridized carbons (Fsp3) is 0.381. The van der Waals surface area contributed by atoms with Crippen LogP contribution < -0.4 is 10.1 Å².